The lowest BCUT2D eigenvalue weighted by Crippen LogP contribution is -2.12. The average molecular weight is 327 g/mol. The highest BCUT2D eigenvalue weighted by molar-refractivity contribution is 7.89. The molecule has 2 N–H and O–H groups in total. The van der Waals surface area contributed by atoms with Crippen molar-refractivity contribution in [2.75, 3.05) is 0 Å². The van der Waals surface area contributed by atoms with Crippen LogP contribution in [0.2, 0.25) is 0 Å². The van der Waals surface area contributed by atoms with E-state index in [-0.39, 0.29) is 4.90 Å². The van der Waals surface area contributed by atoms with Gasteiger partial charge in [0, 0.05) is 5.56 Å². The number of nitrogens with zero attached hydrogens (tertiary/aromatic N) is 2. The number of primary sulfonamides is 1. The van der Waals surface area contributed by atoms with Gasteiger partial charge >= 0.3 is 0 Å². The van der Waals surface area contributed by atoms with Crippen molar-refractivity contribution in [2.24, 2.45) is 5.14 Å². The quantitative estimate of drug-likeness (QED) is 0.803. The van der Waals surface area contributed by atoms with Crippen molar-refractivity contribution in [3.63, 3.8) is 0 Å². The third-order valence-corrected chi connectivity index (χ3v) is 4.75. The second-order valence-electron chi connectivity index (χ2n) is 5.38. The minimum absolute atomic E-state index is 0.0862. The third-order valence-electron chi connectivity index (χ3n) is 3.82. The summed E-state index contributed by atoms with van der Waals surface area (Å²) in [5, 5.41) is 9.73. The number of aromatic nitrogens is 2. The maximum atomic E-state index is 11.4. The van der Waals surface area contributed by atoms with Crippen molar-refractivity contribution in [2.45, 2.75) is 18.7 Å². The summed E-state index contributed by atoms with van der Waals surface area (Å²) in [6, 6.07) is 16.4. The van der Waals surface area contributed by atoms with Gasteiger partial charge in [0.05, 0.1) is 22.0 Å². The van der Waals surface area contributed by atoms with E-state index in [0.29, 0.717) is 0 Å². The number of aryl methyl sites for hydroxylation is 1. The van der Waals surface area contributed by atoms with Crippen LogP contribution in [0.4, 0.5) is 0 Å². The van der Waals surface area contributed by atoms with Gasteiger partial charge in [0.1, 0.15) is 0 Å². The van der Waals surface area contributed by atoms with Crippen molar-refractivity contribution < 1.29 is 8.42 Å². The van der Waals surface area contributed by atoms with E-state index >= 15 is 0 Å². The molecule has 0 aliphatic rings. The predicted molar refractivity (Wildman–Crippen MR) is 89.8 cm³/mol. The smallest absolute Gasteiger partial charge is 0.233 e. The molecule has 0 amide bonds. The minimum atomic E-state index is -3.70. The number of sulfonamides is 1. The van der Waals surface area contributed by atoms with Gasteiger partial charge in [-0.1, -0.05) is 30.3 Å². The van der Waals surface area contributed by atoms with Crippen molar-refractivity contribution in [1.29, 1.82) is 0 Å². The Morgan fingerprint density at radius 1 is 0.957 bits per heavy atom. The molecule has 0 spiro atoms. The van der Waals surface area contributed by atoms with Crippen LogP contribution in [0.5, 0.6) is 0 Å². The van der Waals surface area contributed by atoms with Gasteiger partial charge in [-0.2, -0.15) is 5.10 Å². The van der Waals surface area contributed by atoms with Crippen LogP contribution in [-0.2, 0) is 10.0 Å². The highest BCUT2D eigenvalue weighted by Gasteiger charge is 2.15. The van der Waals surface area contributed by atoms with E-state index in [0.717, 1.165) is 28.2 Å². The van der Waals surface area contributed by atoms with Crippen LogP contribution in [0.25, 0.3) is 16.9 Å². The number of hydrogen-bond donors (Lipinski definition) is 1. The number of hydrogen-bond acceptors (Lipinski definition) is 3. The molecular formula is C17H17N3O2S. The molecule has 1 heterocycles. The van der Waals surface area contributed by atoms with E-state index in [9.17, 15) is 8.42 Å². The molecule has 0 aliphatic heterocycles. The topological polar surface area (TPSA) is 78.0 Å². The summed E-state index contributed by atoms with van der Waals surface area (Å²) < 4.78 is 24.6. The molecule has 0 aliphatic carbocycles. The van der Waals surface area contributed by atoms with Crippen molar-refractivity contribution >= 4 is 10.0 Å². The van der Waals surface area contributed by atoms with E-state index in [4.69, 9.17) is 5.14 Å². The van der Waals surface area contributed by atoms with E-state index in [1.165, 1.54) is 12.1 Å². The molecule has 5 nitrogen and oxygen atoms in total. The van der Waals surface area contributed by atoms with Gasteiger partial charge in [-0.25, -0.2) is 18.2 Å². The molecule has 6 heteroatoms. The summed E-state index contributed by atoms with van der Waals surface area (Å²) in [6.07, 6.45) is 0. The molecule has 0 saturated heterocycles. The zero-order chi connectivity index (χ0) is 16.6. The Labute approximate surface area is 135 Å². The maximum absolute atomic E-state index is 11.4. The molecular weight excluding hydrogens is 310 g/mol. The number of nitrogens with two attached hydrogens (primary N) is 1. The molecule has 3 aromatic rings. The maximum Gasteiger partial charge on any atom is 0.238 e. The third kappa shape index (κ3) is 2.91. The Bertz CT molecular complexity index is 944. The Kier molecular flexibility index (Phi) is 3.79. The molecule has 0 bridgehead atoms. The molecule has 23 heavy (non-hydrogen) atoms. The van der Waals surface area contributed by atoms with Gasteiger partial charge in [-0.05, 0) is 43.7 Å². The first kappa shape index (κ1) is 15.5. The Morgan fingerprint density at radius 3 is 2.13 bits per heavy atom. The normalized spacial score (nSPS) is 11.6. The Morgan fingerprint density at radius 2 is 1.57 bits per heavy atom. The van der Waals surface area contributed by atoms with Crippen molar-refractivity contribution in [3.8, 4) is 16.9 Å². The van der Waals surface area contributed by atoms with E-state index in [2.05, 4.69) is 5.10 Å². The molecule has 1 aromatic heterocycles. The van der Waals surface area contributed by atoms with E-state index in [1.54, 1.807) is 12.1 Å². The fourth-order valence-electron chi connectivity index (χ4n) is 2.50. The van der Waals surface area contributed by atoms with Crippen molar-refractivity contribution in [1.82, 2.24) is 9.78 Å². The summed E-state index contributed by atoms with van der Waals surface area (Å²) in [4.78, 5) is 0.0862. The van der Waals surface area contributed by atoms with Gasteiger partial charge in [0.25, 0.3) is 0 Å². The zero-order valence-corrected chi connectivity index (χ0v) is 13.7. The largest absolute Gasteiger partial charge is 0.238 e. The number of rotatable bonds is 3. The highest BCUT2D eigenvalue weighted by Crippen LogP contribution is 2.28. The van der Waals surface area contributed by atoms with Crippen LogP contribution in [0.3, 0.4) is 0 Å². The molecule has 2 aromatic carbocycles. The van der Waals surface area contributed by atoms with Gasteiger partial charge in [-0.3, -0.25) is 0 Å². The highest BCUT2D eigenvalue weighted by atomic mass is 32.2. The summed E-state index contributed by atoms with van der Waals surface area (Å²) >= 11 is 0. The monoisotopic (exact) mass is 327 g/mol. The minimum Gasteiger partial charge on any atom is -0.233 e. The average Bonchev–Trinajstić information content (AvgIpc) is 2.83. The first-order valence-electron chi connectivity index (χ1n) is 7.13. The predicted octanol–water partition coefficient (Wildman–Crippen LogP) is 2.80. The molecule has 0 unspecified atom stereocenters. The van der Waals surface area contributed by atoms with Crippen molar-refractivity contribution in [3.05, 3.63) is 65.9 Å². The van der Waals surface area contributed by atoms with Gasteiger partial charge < -0.3 is 0 Å². The van der Waals surface area contributed by atoms with Crippen LogP contribution >= 0.6 is 0 Å². The lowest BCUT2D eigenvalue weighted by Gasteiger charge is -2.09. The molecule has 0 saturated carbocycles. The zero-order valence-electron chi connectivity index (χ0n) is 12.9. The molecule has 3 rings (SSSR count). The van der Waals surface area contributed by atoms with E-state index in [1.807, 2.05) is 48.9 Å². The fraction of sp³-hybridized carbons (Fsp3) is 0.118. The first-order valence-corrected chi connectivity index (χ1v) is 8.67. The lowest BCUT2D eigenvalue weighted by atomic mass is 10.1. The Balaban J connectivity index is 2.16. The van der Waals surface area contributed by atoms with E-state index < -0.39 is 10.0 Å². The summed E-state index contributed by atoms with van der Waals surface area (Å²) in [5.74, 6) is 0. The lowest BCUT2D eigenvalue weighted by molar-refractivity contribution is 0.598. The second-order valence-corrected chi connectivity index (χ2v) is 6.94. The van der Waals surface area contributed by atoms with Crippen LogP contribution < -0.4 is 5.14 Å². The van der Waals surface area contributed by atoms with Crippen LogP contribution in [0.1, 0.15) is 11.3 Å². The SMILES string of the molecule is Cc1nn(-c2ccc(S(N)(=O)=O)cc2)c(-c2ccccc2)c1C. The Hall–Kier alpha value is -2.44. The van der Waals surface area contributed by atoms with Crippen LogP contribution in [-0.4, -0.2) is 18.2 Å². The summed E-state index contributed by atoms with van der Waals surface area (Å²) in [5.41, 5.74) is 4.85. The first-order chi connectivity index (χ1) is 10.9. The van der Waals surface area contributed by atoms with Gasteiger partial charge in [0.15, 0.2) is 0 Å². The summed E-state index contributed by atoms with van der Waals surface area (Å²) in [6.45, 7) is 3.98. The molecule has 0 atom stereocenters. The number of benzene rings is 2. The second kappa shape index (κ2) is 5.64. The van der Waals surface area contributed by atoms with Gasteiger partial charge in [0.2, 0.25) is 10.0 Å². The molecule has 0 fully saturated rings. The standard InChI is InChI=1S/C17H17N3O2S/c1-12-13(2)19-20(17(12)14-6-4-3-5-7-14)15-8-10-16(11-9-15)23(18,21)22/h3-11H,1-2H3,(H2,18,21,22). The van der Waals surface area contributed by atoms with Gasteiger partial charge in [-0.15, -0.1) is 0 Å². The van der Waals surface area contributed by atoms with Crippen LogP contribution in [0, 0.1) is 13.8 Å². The summed E-state index contributed by atoms with van der Waals surface area (Å²) in [7, 11) is -3.70. The molecule has 118 valence electrons. The van der Waals surface area contributed by atoms with Crippen LogP contribution in [0.15, 0.2) is 59.5 Å². The fourth-order valence-corrected chi connectivity index (χ4v) is 3.02. The molecule has 0 radical (unpaired) electrons.